The maximum absolute atomic E-state index is 13.0. The third-order valence-electron chi connectivity index (χ3n) is 4.92. The Bertz CT molecular complexity index is 728. The van der Waals surface area contributed by atoms with Gasteiger partial charge >= 0.3 is 0 Å². The SMILES string of the molecule is O=C(N1CCC(O)(c2nccs2)C1)C1(c2ccc(Cl)cc2)CC1. The van der Waals surface area contributed by atoms with Crippen molar-refractivity contribution in [3.63, 3.8) is 0 Å². The quantitative estimate of drug-likeness (QED) is 0.927. The fourth-order valence-electron chi connectivity index (χ4n) is 3.42. The van der Waals surface area contributed by atoms with Crippen molar-refractivity contribution in [1.82, 2.24) is 9.88 Å². The molecule has 0 bridgehead atoms. The summed E-state index contributed by atoms with van der Waals surface area (Å²) < 4.78 is 0. The van der Waals surface area contributed by atoms with E-state index in [1.54, 1.807) is 11.1 Å². The first kappa shape index (κ1) is 15.1. The number of aromatic nitrogens is 1. The summed E-state index contributed by atoms with van der Waals surface area (Å²) >= 11 is 7.39. The largest absolute Gasteiger partial charge is 0.381 e. The van der Waals surface area contributed by atoms with Gasteiger partial charge < -0.3 is 10.0 Å². The minimum atomic E-state index is -1.00. The number of carbonyl (C=O) groups excluding carboxylic acids is 1. The first-order chi connectivity index (χ1) is 11.0. The van der Waals surface area contributed by atoms with E-state index in [2.05, 4.69) is 4.98 Å². The predicted octanol–water partition coefficient (Wildman–Crippen LogP) is 2.95. The van der Waals surface area contributed by atoms with Crippen molar-refractivity contribution in [3.8, 4) is 0 Å². The number of hydrogen-bond acceptors (Lipinski definition) is 4. The number of benzene rings is 1. The van der Waals surface area contributed by atoms with Crippen LogP contribution in [0.4, 0.5) is 0 Å². The van der Waals surface area contributed by atoms with Gasteiger partial charge in [-0.3, -0.25) is 4.79 Å². The van der Waals surface area contributed by atoms with Crippen LogP contribution in [0.25, 0.3) is 0 Å². The molecule has 0 radical (unpaired) electrons. The van der Waals surface area contributed by atoms with Crippen LogP contribution in [-0.4, -0.2) is 34.0 Å². The standard InChI is InChI=1S/C17H17ClN2O2S/c18-13-3-1-12(2-4-13)16(5-6-16)15(21)20-9-7-17(22,11-20)14-19-8-10-23-14/h1-4,8,10,22H,5-7,9,11H2. The van der Waals surface area contributed by atoms with Crippen LogP contribution in [0.3, 0.4) is 0 Å². The van der Waals surface area contributed by atoms with Gasteiger partial charge in [-0.05, 0) is 30.5 Å². The predicted molar refractivity (Wildman–Crippen MR) is 89.6 cm³/mol. The summed E-state index contributed by atoms with van der Waals surface area (Å²) in [6, 6.07) is 7.55. The molecule has 2 aromatic rings. The average molecular weight is 349 g/mol. The Morgan fingerprint density at radius 3 is 2.61 bits per heavy atom. The zero-order valence-corrected chi connectivity index (χ0v) is 14.1. The van der Waals surface area contributed by atoms with Gasteiger partial charge in [0.25, 0.3) is 0 Å². The molecule has 1 aromatic carbocycles. The molecule has 1 N–H and O–H groups in total. The number of aliphatic hydroxyl groups is 1. The van der Waals surface area contributed by atoms with Crippen molar-refractivity contribution < 1.29 is 9.90 Å². The minimum Gasteiger partial charge on any atom is -0.381 e. The van der Waals surface area contributed by atoms with Gasteiger partial charge in [0, 0.05) is 29.6 Å². The van der Waals surface area contributed by atoms with E-state index in [0.717, 1.165) is 18.4 Å². The summed E-state index contributed by atoms with van der Waals surface area (Å²) in [5.41, 5.74) is -0.393. The van der Waals surface area contributed by atoms with E-state index < -0.39 is 11.0 Å². The van der Waals surface area contributed by atoms with Crippen molar-refractivity contribution in [2.24, 2.45) is 0 Å². The van der Waals surface area contributed by atoms with Gasteiger partial charge in [-0.15, -0.1) is 11.3 Å². The molecule has 120 valence electrons. The van der Waals surface area contributed by atoms with Crippen molar-refractivity contribution in [3.05, 3.63) is 51.4 Å². The highest BCUT2D eigenvalue weighted by Crippen LogP contribution is 2.51. The van der Waals surface area contributed by atoms with Crippen LogP contribution in [0.2, 0.25) is 5.02 Å². The molecule has 2 aliphatic rings. The fourth-order valence-corrected chi connectivity index (χ4v) is 4.30. The normalized spacial score (nSPS) is 25.6. The second-order valence-electron chi connectivity index (χ2n) is 6.43. The second-order valence-corrected chi connectivity index (χ2v) is 7.77. The van der Waals surface area contributed by atoms with Crippen LogP contribution >= 0.6 is 22.9 Å². The van der Waals surface area contributed by atoms with Crippen LogP contribution in [0, 0.1) is 0 Å². The van der Waals surface area contributed by atoms with Gasteiger partial charge in [-0.25, -0.2) is 4.98 Å². The highest BCUT2D eigenvalue weighted by Gasteiger charge is 2.55. The van der Waals surface area contributed by atoms with Gasteiger partial charge in [0.1, 0.15) is 10.6 Å². The van der Waals surface area contributed by atoms with Crippen molar-refractivity contribution in [2.45, 2.75) is 30.3 Å². The Morgan fingerprint density at radius 1 is 1.26 bits per heavy atom. The Balaban J connectivity index is 1.55. The minimum absolute atomic E-state index is 0.118. The Morgan fingerprint density at radius 2 is 2.00 bits per heavy atom. The van der Waals surface area contributed by atoms with Crippen molar-refractivity contribution in [1.29, 1.82) is 0 Å². The number of amides is 1. The molecule has 1 atom stereocenters. The number of hydrogen-bond donors (Lipinski definition) is 1. The van der Waals surface area contributed by atoms with Crippen LogP contribution in [-0.2, 0) is 15.8 Å². The van der Waals surface area contributed by atoms with E-state index in [9.17, 15) is 9.90 Å². The number of nitrogens with zero attached hydrogens (tertiary/aromatic N) is 2. The highest BCUT2D eigenvalue weighted by atomic mass is 35.5. The van der Waals surface area contributed by atoms with E-state index >= 15 is 0 Å². The van der Waals surface area contributed by atoms with Gasteiger partial charge in [0.05, 0.1) is 12.0 Å². The molecule has 1 saturated carbocycles. The zero-order valence-electron chi connectivity index (χ0n) is 12.5. The molecular weight excluding hydrogens is 332 g/mol. The third-order valence-corrected chi connectivity index (χ3v) is 6.14. The first-order valence-corrected chi connectivity index (χ1v) is 8.97. The number of β-amino-alcohol motifs (C(OH)–C–C–N with tert-alkyl or cyclic N) is 1. The molecule has 6 heteroatoms. The lowest BCUT2D eigenvalue weighted by molar-refractivity contribution is -0.134. The maximum atomic E-state index is 13.0. The molecule has 4 nitrogen and oxygen atoms in total. The van der Waals surface area contributed by atoms with Crippen molar-refractivity contribution >= 4 is 28.8 Å². The zero-order chi connectivity index (χ0) is 16.1. The van der Waals surface area contributed by atoms with E-state index in [1.807, 2.05) is 29.6 Å². The lowest BCUT2D eigenvalue weighted by atomic mass is 9.94. The molecule has 2 fully saturated rings. The van der Waals surface area contributed by atoms with E-state index in [4.69, 9.17) is 11.6 Å². The summed E-state index contributed by atoms with van der Waals surface area (Å²) in [5, 5.41) is 14.0. The number of likely N-dealkylation sites (tertiary alicyclic amines) is 1. The summed E-state index contributed by atoms with van der Waals surface area (Å²) in [5.74, 6) is 0.118. The topological polar surface area (TPSA) is 53.4 Å². The van der Waals surface area contributed by atoms with Crippen LogP contribution < -0.4 is 0 Å². The van der Waals surface area contributed by atoms with Gasteiger partial charge in [0.15, 0.2) is 0 Å². The number of rotatable bonds is 3. The Kier molecular flexibility index (Phi) is 3.48. The maximum Gasteiger partial charge on any atom is 0.233 e. The molecule has 1 aliphatic carbocycles. The van der Waals surface area contributed by atoms with Crippen LogP contribution in [0.1, 0.15) is 29.8 Å². The van der Waals surface area contributed by atoms with Crippen LogP contribution in [0.5, 0.6) is 0 Å². The summed E-state index contributed by atoms with van der Waals surface area (Å²) in [7, 11) is 0. The monoisotopic (exact) mass is 348 g/mol. The molecule has 1 unspecified atom stereocenters. The third kappa shape index (κ3) is 2.47. The summed E-state index contributed by atoms with van der Waals surface area (Å²) in [4.78, 5) is 19.1. The Labute approximate surface area is 143 Å². The molecule has 1 saturated heterocycles. The Hall–Kier alpha value is -1.43. The van der Waals surface area contributed by atoms with Crippen molar-refractivity contribution in [2.75, 3.05) is 13.1 Å². The summed E-state index contributed by atoms with van der Waals surface area (Å²) in [6.07, 6.45) is 3.96. The van der Waals surface area contributed by atoms with Gasteiger partial charge in [-0.2, -0.15) is 0 Å². The molecule has 4 rings (SSSR count). The summed E-state index contributed by atoms with van der Waals surface area (Å²) in [6.45, 7) is 0.902. The first-order valence-electron chi connectivity index (χ1n) is 7.71. The molecule has 1 aliphatic heterocycles. The lowest BCUT2D eigenvalue weighted by Gasteiger charge is -2.25. The van der Waals surface area contributed by atoms with Gasteiger partial charge in [0.2, 0.25) is 5.91 Å². The van der Waals surface area contributed by atoms with E-state index in [0.29, 0.717) is 29.5 Å². The highest BCUT2D eigenvalue weighted by molar-refractivity contribution is 7.09. The number of thiazole rings is 1. The molecule has 23 heavy (non-hydrogen) atoms. The number of carbonyl (C=O) groups is 1. The van der Waals surface area contributed by atoms with Gasteiger partial charge in [-0.1, -0.05) is 23.7 Å². The van der Waals surface area contributed by atoms with E-state index in [1.165, 1.54) is 11.3 Å². The number of halogens is 1. The van der Waals surface area contributed by atoms with E-state index in [-0.39, 0.29) is 5.91 Å². The molecular formula is C17H17ClN2O2S. The second kappa shape index (κ2) is 5.30. The lowest BCUT2D eigenvalue weighted by Crippen LogP contribution is -2.40. The molecule has 2 heterocycles. The molecule has 0 spiro atoms. The smallest absolute Gasteiger partial charge is 0.233 e. The van der Waals surface area contributed by atoms with Crippen LogP contribution in [0.15, 0.2) is 35.8 Å². The molecule has 1 amide bonds. The fraction of sp³-hybridized carbons (Fsp3) is 0.412. The molecule has 1 aromatic heterocycles. The average Bonchev–Trinajstić information content (AvgIpc) is 2.98.